The molecule has 1 aromatic carbocycles. The van der Waals surface area contributed by atoms with Crippen molar-refractivity contribution in [1.82, 2.24) is 5.32 Å². The van der Waals surface area contributed by atoms with Crippen LogP contribution in [-0.4, -0.2) is 51.8 Å². The second-order valence-corrected chi connectivity index (χ2v) is 6.21. The number of carboxylic acids is 1. The van der Waals surface area contributed by atoms with E-state index >= 15 is 0 Å². The molecule has 136 valence electrons. The van der Waals surface area contributed by atoms with Gasteiger partial charge in [0.1, 0.15) is 11.0 Å². The number of carboxylic acid groups (broad SMARTS) is 1. The maximum absolute atomic E-state index is 11.6. The van der Waals surface area contributed by atoms with Gasteiger partial charge in [0.05, 0.1) is 19.7 Å². The molecule has 0 spiro atoms. The van der Waals surface area contributed by atoms with Crippen molar-refractivity contribution in [2.24, 2.45) is 10.2 Å². The molecule has 3 N–H and O–H groups in total. The summed E-state index contributed by atoms with van der Waals surface area (Å²) in [5, 5.41) is 28.0. The van der Waals surface area contributed by atoms with Gasteiger partial charge in [0.25, 0.3) is 0 Å². The van der Waals surface area contributed by atoms with Gasteiger partial charge in [-0.1, -0.05) is 17.8 Å². The van der Waals surface area contributed by atoms with Crippen molar-refractivity contribution in [2.45, 2.75) is 11.7 Å². The Morgan fingerprint density at radius 1 is 1.42 bits per heavy atom. The number of phenolic OH excluding ortho intramolecular Hbond substituents is 1. The summed E-state index contributed by atoms with van der Waals surface area (Å²) in [6, 6.07) is 4.61. The minimum Gasteiger partial charge on any atom is -0.507 e. The third-order valence-electron chi connectivity index (χ3n) is 3.15. The Bertz CT molecular complexity index is 818. The fourth-order valence-corrected chi connectivity index (χ4v) is 2.82. The van der Waals surface area contributed by atoms with E-state index < -0.39 is 23.1 Å². The molecule has 2 rings (SSSR count). The Hall–Kier alpha value is -3.14. The molecule has 1 unspecified atom stereocenters. The van der Waals surface area contributed by atoms with Crippen molar-refractivity contribution < 1.29 is 29.3 Å². The number of nitrogens with one attached hydrogen (secondary N) is 1. The smallest absolute Gasteiger partial charge is 0.330 e. The number of ether oxygens (including phenoxy) is 1. The average Bonchev–Trinajstić information content (AvgIpc) is 2.93. The molecule has 1 aromatic rings. The molecule has 1 aliphatic rings. The van der Waals surface area contributed by atoms with Gasteiger partial charge in [-0.25, -0.2) is 4.79 Å². The van der Waals surface area contributed by atoms with Crippen LogP contribution in [0.15, 0.2) is 34.5 Å². The summed E-state index contributed by atoms with van der Waals surface area (Å²) in [5.41, 5.74) is 0.977. The zero-order valence-corrected chi connectivity index (χ0v) is 14.4. The quantitative estimate of drug-likeness (QED) is 0.291. The number of hydrogen-bond donors (Lipinski definition) is 3. The van der Waals surface area contributed by atoms with Crippen LogP contribution in [0, 0.1) is 0 Å². The minimum atomic E-state index is -1.08. The van der Waals surface area contributed by atoms with Gasteiger partial charge in [0.15, 0.2) is 5.17 Å². The molecule has 9 nitrogen and oxygen atoms in total. The number of thioether (sulfide) groups is 1. The SMILES string of the molecule is COC(=O)C=Cc1ccc(O)c(C=NN=C2NC(=O)C(CC(=O)O)S2)c1. The number of amides is 1. The van der Waals surface area contributed by atoms with Crippen LogP contribution >= 0.6 is 11.8 Å². The Kier molecular flexibility index (Phi) is 6.50. The highest BCUT2D eigenvalue weighted by Crippen LogP contribution is 2.22. The van der Waals surface area contributed by atoms with Crippen LogP contribution < -0.4 is 5.32 Å². The van der Waals surface area contributed by atoms with Gasteiger partial charge in [0, 0.05) is 11.6 Å². The lowest BCUT2D eigenvalue weighted by Crippen LogP contribution is -2.26. The number of aliphatic carboxylic acids is 1. The standard InChI is InChI=1S/C16H15N3O6S/c1-25-14(23)5-3-9-2-4-11(20)10(6-9)8-17-19-16-18-15(24)12(26-16)7-13(21)22/h2-6,8,12,20H,7H2,1H3,(H,21,22)(H,18,19,24). The first-order chi connectivity index (χ1) is 12.4. The molecule has 1 aliphatic heterocycles. The van der Waals surface area contributed by atoms with E-state index in [0.29, 0.717) is 11.1 Å². The van der Waals surface area contributed by atoms with Crippen LogP contribution in [0.5, 0.6) is 5.75 Å². The molecule has 1 amide bonds. The summed E-state index contributed by atoms with van der Waals surface area (Å²) in [5.74, 6) is -2.08. The van der Waals surface area contributed by atoms with Gasteiger partial charge in [-0.15, -0.1) is 5.10 Å². The normalized spacial score (nSPS) is 18.6. The highest BCUT2D eigenvalue weighted by molar-refractivity contribution is 8.15. The Balaban J connectivity index is 2.08. The number of methoxy groups -OCH3 is 1. The summed E-state index contributed by atoms with van der Waals surface area (Å²) < 4.78 is 4.50. The topological polar surface area (TPSA) is 138 Å². The molecule has 26 heavy (non-hydrogen) atoms. The van der Waals surface area contributed by atoms with Crippen LogP contribution in [-0.2, 0) is 19.1 Å². The molecule has 1 atom stereocenters. The summed E-state index contributed by atoms with van der Waals surface area (Å²) in [6.45, 7) is 0. The number of nitrogens with zero attached hydrogens (tertiary/aromatic N) is 2. The number of rotatable bonds is 6. The lowest BCUT2D eigenvalue weighted by molar-refractivity contribution is -0.138. The number of esters is 1. The van der Waals surface area contributed by atoms with Crippen LogP contribution in [0.25, 0.3) is 6.08 Å². The fourth-order valence-electron chi connectivity index (χ4n) is 1.90. The molecular formula is C16H15N3O6S. The Morgan fingerprint density at radius 2 is 2.19 bits per heavy atom. The molecule has 10 heteroatoms. The van der Waals surface area contributed by atoms with Crippen LogP contribution in [0.2, 0.25) is 0 Å². The van der Waals surface area contributed by atoms with E-state index in [4.69, 9.17) is 5.11 Å². The molecule has 0 aromatic heterocycles. The number of carbonyl (C=O) groups excluding carboxylic acids is 2. The van der Waals surface area contributed by atoms with Gasteiger partial charge < -0.3 is 20.3 Å². The first kappa shape index (κ1) is 19.2. The highest BCUT2D eigenvalue weighted by atomic mass is 32.2. The summed E-state index contributed by atoms with van der Waals surface area (Å²) in [6.07, 6.45) is 3.71. The second kappa shape index (κ2) is 8.81. The second-order valence-electron chi connectivity index (χ2n) is 5.02. The zero-order valence-electron chi connectivity index (χ0n) is 13.6. The van der Waals surface area contributed by atoms with Crippen LogP contribution in [0.4, 0.5) is 0 Å². The molecule has 0 bridgehead atoms. The van der Waals surface area contributed by atoms with E-state index in [-0.39, 0.29) is 17.3 Å². The van der Waals surface area contributed by atoms with Crippen molar-refractivity contribution >= 4 is 47.1 Å². The third kappa shape index (κ3) is 5.45. The Labute approximate surface area is 152 Å². The number of phenols is 1. The van der Waals surface area contributed by atoms with Crippen LogP contribution in [0.1, 0.15) is 17.5 Å². The highest BCUT2D eigenvalue weighted by Gasteiger charge is 2.32. The minimum absolute atomic E-state index is 0.0453. The molecule has 1 fully saturated rings. The number of benzene rings is 1. The molecule has 1 saturated heterocycles. The van der Waals surface area contributed by atoms with Crippen molar-refractivity contribution in [2.75, 3.05) is 7.11 Å². The van der Waals surface area contributed by atoms with Crippen molar-refractivity contribution in [3.05, 3.63) is 35.4 Å². The van der Waals surface area contributed by atoms with Gasteiger partial charge in [-0.05, 0) is 23.8 Å². The van der Waals surface area contributed by atoms with Crippen LogP contribution in [0.3, 0.4) is 0 Å². The summed E-state index contributed by atoms with van der Waals surface area (Å²) in [7, 11) is 1.27. The van der Waals surface area contributed by atoms with E-state index in [0.717, 1.165) is 11.8 Å². The molecule has 0 saturated carbocycles. The number of carbonyl (C=O) groups is 3. The maximum Gasteiger partial charge on any atom is 0.330 e. The molecule has 0 aliphatic carbocycles. The van der Waals surface area contributed by atoms with E-state index in [1.54, 1.807) is 12.1 Å². The van der Waals surface area contributed by atoms with Crippen molar-refractivity contribution in [3.8, 4) is 5.75 Å². The predicted octanol–water partition coefficient (Wildman–Crippen LogP) is 0.975. The fraction of sp³-hybridized carbons (Fsp3) is 0.188. The largest absolute Gasteiger partial charge is 0.507 e. The first-order valence-electron chi connectivity index (χ1n) is 7.28. The average molecular weight is 377 g/mol. The third-order valence-corrected chi connectivity index (χ3v) is 4.22. The monoisotopic (exact) mass is 377 g/mol. The summed E-state index contributed by atoms with van der Waals surface area (Å²) in [4.78, 5) is 33.4. The van der Waals surface area contributed by atoms with Gasteiger partial charge in [-0.2, -0.15) is 5.10 Å². The first-order valence-corrected chi connectivity index (χ1v) is 8.16. The summed E-state index contributed by atoms with van der Waals surface area (Å²) >= 11 is 0.973. The number of aromatic hydroxyl groups is 1. The van der Waals surface area contributed by atoms with E-state index in [9.17, 15) is 19.5 Å². The van der Waals surface area contributed by atoms with Gasteiger partial charge in [0.2, 0.25) is 5.91 Å². The van der Waals surface area contributed by atoms with E-state index in [2.05, 4.69) is 20.3 Å². The van der Waals surface area contributed by atoms with Gasteiger partial charge in [-0.3, -0.25) is 9.59 Å². The zero-order chi connectivity index (χ0) is 19.1. The molecular weight excluding hydrogens is 362 g/mol. The Morgan fingerprint density at radius 3 is 2.88 bits per heavy atom. The lowest BCUT2D eigenvalue weighted by Gasteiger charge is -2.00. The van der Waals surface area contributed by atoms with E-state index in [1.807, 2.05) is 0 Å². The maximum atomic E-state index is 11.6. The van der Waals surface area contributed by atoms with Crippen molar-refractivity contribution in [3.63, 3.8) is 0 Å². The predicted molar refractivity (Wildman–Crippen MR) is 96.0 cm³/mol. The van der Waals surface area contributed by atoms with Crippen molar-refractivity contribution in [1.29, 1.82) is 0 Å². The number of amidine groups is 1. The molecule has 0 radical (unpaired) electrons. The molecule has 1 heterocycles. The number of hydrogen-bond acceptors (Lipinski definition) is 8. The lowest BCUT2D eigenvalue weighted by atomic mass is 10.1. The van der Waals surface area contributed by atoms with E-state index in [1.165, 1.54) is 31.5 Å². The van der Waals surface area contributed by atoms with Gasteiger partial charge >= 0.3 is 11.9 Å².